The highest BCUT2D eigenvalue weighted by atomic mass is 32.1. The van der Waals surface area contributed by atoms with Crippen molar-refractivity contribution in [3.63, 3.8) is 0 Å². The van der Waals surface area contributed by atoms with Crippen LogP contribution in [0.4, 0.5) is 20.6 Å². The number of amides is 4. The van der Waals surface area contributed by atoms with Crippen molar-refractivity contribution < 1.29 is 28.6 Å². The Hall–Kier alpha value is -4.55. The van der Waals surface area contributed by atoms with Crippen molar-refractivity contribution in [3.8, 4) is 5.75 Å². The number of hydrogen-bond acceptors (Lipinski definition) is 7. The van der Waals surface area contributed by atoms with Gasteiger partial charge < -0.3 is 30.3 Å². The Morgan fingerprint density at radius 2 is 1.88 bits per heavy atom. The van der Waals surface area contributed by atoms with Gasteiger partial charge in [0, 0.05) is 25.2 Å². The second-order valence-electron chi connectivity index (χ2n) is 10.6. The fourth-order valence-corrected chi connectivity index (χ4v) is 5.67. The van der Waals surface area contributed by atoms with Crippen molar-refractivity contribution in [1.82, 2.24) is 14.8 Å². The van der Waals surface area contributed by atoms with Crippen LogP contribution in [0.5, 0.6) is 5.75 Å². The average molecular weight is 606 g/mol. The number of carbonyl (C=O) groups excluding carboxylic acids is 3. The number of thiazole rings is 1. The first-order valence-electron chi connectivity index (χ1n) is 13.8. The van der Waals surface area contributed by atoms with Gasteiger partial charge in [0.05, 0.1) is 40.7 Å². The lowest BCUT2D eigenvalue weighted by molar-refractivity contribution is 0.0372. The molecular formula is C31H32FN5O5S. The van der Waals surface area contributed by atoms with E-state index in [1.165, 1.54) is 40.5 Å². The largest absolute Gasteiger partial charge is 0.485 e. The first-order chi connectivity index (χ1) is 20.6. The van der Waals surface area contributed by atoms with Gasteiger partial charge in [-0.05, 0) is 55.5 Å². The fraction of sp³-hybridized carbons (Fsp3) is 0.290. The maximum Gasteiger partial charge on any atom is 0.321 e. The number of anilines is 2. The number of carbonyl (C=O) groups is 3. The minimum Gasteiger partial charge on any atom is -0.485 e. The number of aromatic nitrogens is 1. The second-order valence-corrected chi connectivity index (χ2v) is 11.6. The van der Waals surface area contributed by atoms with Gasteiger partial charge in [0.15, 0.2) is 10.8 Å². The van der Waals surface area contributed by atoms with Crippen molar-refractivity contribution in [2.75, 3.05) is 37.4 Å². The van der Waals surface area contributed by atoms with Crippen LogP contribution in [0.25, 0.3) is 10.2 Å². The predicted molar refractivity (Wildman–Crippen MR) is 163 cm³/mol. The molecule has 1 aliphatic heterocycles. The molecule has 2 heterocycles. The van der Waals surface area contributed by atoms with Crippen molar-refractivity contribution in [2.45, 2.75) is 26.0 Å². The van der Waals surface area contributed by atoms with Gasteiger partial charge in [-0.15, -0.1) is 11.3 Å². The van der Waals surface area contributed by atoms with Crippen LogP contribution in [0.1, 0.15) is 34.0 Å². The lowest BCUT2D eigenvalue weighted by Gasteiger charge is -2.38. The van der Waals surface area contributed by atoms with E-state index in [0.717, 1.165) is 4.70 Å². The summed E-state index contributed by atoms with van der Waals surface area (Å²) in [6.07, 6.45) is -0.607. The van der Waals surface area contributed by atoms with E-state index >= 15 is 0 Å². The summed E-state index contributed by atoms with van der Waals surface area (Å²) in [6, 6.07) is 16.9. The molecule has 4 aromatic rings. The molecule has 0 radical (unpaired) electrons. The van der Waals surface area contributed by atoms with Crippen molar-refractivity contribution in [2.24, 2.45) is 5.92 Å². The summed E-state index contributed by atoms with van der Waals surface area (Å²) in [5.41, 5.74) is 1.64. The Bertz CT molecular complexity index is 1610. The lowest BCUT2D eigenvalue weighted by atomic mass is 9.99. The van der Waals surface area contributed by atoms with Crippen molar-refractivity contribution >= 4 is 50.8 Å². The third-order valence-corrected chi connectivity index (χ3v) is 8.36. The SMILES string of the molecule is C[C@@H]1CN([C@@H](C)CO)C(=O)c2cccc(NC(=O)c3nc4ccccc4s3)c2O[C@H]1CN(C)C(=O)Nc1ccc(F)cc1. The standard InChI is InChI=1S/C31H32FN5O5S/c1-18-15-37(19(2)17-38)30(40)22-7-6-9-24(34-28(39)29-35-23-8-4-5-10-26(23)43-29)27(22)42-25(18)16-36(3)31(41)33-21-13-11-20(32)12-14-21/h4-14,18-19,25,38H,15-17H2,1-3H3,(H,33,41)(H,34,39)/t18-,19+,25+/m1/s1. The number of urea groups is 1. The Labute approximate surface area is 252 Å². The molecule has 4 amide bonds. The Morgan fingerprint density at radius 1 is 1.14 bits per heavy atom. The van der Waals surface area contributed by atoms with Gasteiger partial charge >= 0.3 is 6.03 Å². The molecule has 3 aromatic carbocycles. The minimum absolute atomic E-state index is 0.128. The highest BCUT2D eigenvalue weighted by molar-refractivity contribution is 7.20. The molecule has 0 saturated heterocycles. The number of nitrogens with zero attached hydrogens (tertiary/aromatic N) is 3. The predicted octanol–water partition coefficient (Wildman–Crippen LogP) is 5.07. The van der Waals surface area contributed by atoms with Gasteiger partial charge in [-0.3, -0.25) is 9.59 Å². The highest BCUT2D eigenvalue weighted by Gasteiger charge is 2.35. The number of halogens is 1. The third kappa shape index (κ3) is 6.60. The van der Waals surface area contributed by atoms with Crippen LogP contribution < -0.4 is 15.4 Å². The molecule has 1 aromatic heterocycles. The number of benzene rings is 3. The molecule has 3 N–H and O–H groups in total. The molecule has 5 rings (SSSR count). The van der Waals surface area contributed by atoms with Crippen LogP contribution in [-0.4, -0.2) is 76.6 Å². The lowest BCUT2D eigenvalue weighted by Crippen LogP contribution is -2.50. The van der Waals surface area contributed by atoms with Crippen LogP contribution in [0.15, 0.2) is 66.7 Å². The summed E-state index contributed by atoms with van der Waals surface area (Å²) in [5, 5.41) is 15.8. The van der Waals surface area contributed by atoms with E-state index < -0.39 is 29.9 Å². The number of para-hydroxylation sites is 2. The number of aliphatic hydroxyl groups is 1. The number of rotatable bonds is 7. The summed E-state index contributed by atoms with van der Waals surface area (Å²) in [7, 11) is 1.61. The number of nitrogens with one attached hydrogen (secondary N) is 2. The van der Waals surface area contributed by atoms with Gasteiger partial charge in [-0.1, -0.05) is 25.1 Å². The molecular weight excluding hydrogens is 573 g/mol. The van der Waals surface area contributed by atoms with Gasteiger partial charge in [-0.2, -0.15) is 0 Å². The molecule has 0 aliphatic carbocycles. The van der Waals surface area contributed by atoms with E-state index in [-0.39, 0.29) is 53.5 Å². The summed E-state index contributed by atoms with van der Waals surface area (Å²) >= 11 is 1.25. The molecule has 1 aliphatic rings. The van der Waals surface area contributed by atoms with E-state index in [0.29, 0.717) is 11.2 Å². The zero-order chi connectivity index (χ0) is 30.7. The average Bonchev–Trinajstić information content (AvgIpc) is 3.44. The fourth-order valence-electron chi connectivity index (χ4n) is 4.81. The normalized spacial score (nSPS) is 17.3. The zero-order valence-electron chi connectivity index (χ0n) is 23.9. The van der Waals surface area contributed by atoms with Gasteiger partial charge in [-0.25, -0.2) is 14.2 Å². The molecule has 0 saturated carbocycles. The smallest absolute Gasteiger partial charge is 0.321 e. The topological polar surface area (TPSA) is 124 Å². The third-order valence-electron chi connectivity index (χ3n) is 7.32. The first kappa shape index (κ1) is 29.9. The quantitative estimate of drug-likeness (QED) is 0.270. The summed E-state index contributed by atoms with van der Waals surface area (Å²) in [4.78, 5) is 47.5. The summed E-state index contributed by atoms with van der Waals surface area (Å²) in [6.45, 7) is 3.80. The van der Waals surface area contributed by atoms with E-state index in [9.17, 15) is 23.9 Å². The molecule has 0 fully saturated rings. The number of fused-ring (bicyclic) bond motifs is 2. The van der Waals surface area contributed by atoms with E-state index in [1.807, 2.05) is 31.2 Å². The van der Waals surface area contributed by atoms with Crippen LogP contribution >= 0.6 is 11.3 Å². The van der Waals surface area contributed by atoms with E-state index in [4.69, 9.17) is 4.74 Å². The first-order valence-corrected chi connectivity index (χ1v) is 14.6. The van der Waals surface area contributed by atoms with Crippen LogP contribution in [0, 0.1) is 11.7 Å². The molecule has 0 unspecified atom stereocenters. The molecule has 224 valence electrons. The summed E-state index contributed by atoms with van der Waals surface area (Å²) < 4.78 is 20.7. The molecule has 0 spiro atoms. The zero-order valence-corrected chi connectivity index (χ0v) is 24.7. The van der Waals surface area contributed by atoms with Gasteiger partial charge in [0.25, 0.3) is 11.8 Å². The van der Waals surface area contributed by atoms with Crippen molar-refractivity contribution in [3.05, 3.63) is 83.1 Å². The Morgan fingerprint density at radius 3 is 2.60 bits per heavy atom. The van der Waals surface area contributed by atoms with Gasteiger partial charge in [0.1, 0.15) is 11.9 Å². The maximum atomic E-state index is 13.7. The molecule has 10 nitrogen and oxygen atoms in total. The monoisotopic (exact) mass is 605 g/mol. The summed E-state index contributed by atoms with van der Waals surface area (Å²) in [5.74, 6) is -1.32. The van der Waals surface area contributed by atoms with Crippen LogP contribution in [0.2, 0.25) is 0 Å². The molecule has 0 bridgehead atoms. The molecule has 12 heteroatoms. The molecule has 43 heavy (non-hydrogen) atoms. The van der Waals surface area contributed by atoms with E-state index in [2.05, 4.69) is 15.6 Å². The number of aliphatic hydroxyl groups excluding tert-OH is 1. The second kappa shape index (κ2) is 12.8. The Kier molecular flexibility index (Phi) is 8.88. The Balaban J connectivity index is 1.44. The highest BCUT2D eigenvalue weighted by Crippen LogP contribution is 2.35. The maximum absolute atomic E-state index is 13.7. The van der Waals surface area contributed by atoms with Crippen LogP contribution in [0.3, 0.4) is 0 Å². The molecule has 3 atom stereocenters. The van der Waals surface area contributed by atoms with E-state index in [1.54, 1.807) is 37.1 Å². The van der Waals surface area contributed by atoms with Gasteiger partial charge in [0.2, 0.25) is 0 Å². The van der Waals surface area contributed by atoms with Crippen LogP contribution in [-0.2, 0) is 0 Å². The minimum atomic E-state index is -0.607. The van der Waals surface area contributed by atoms with Crippen molar-refractivity contribution in [1.29, 1.82) is 0 Å². The number of likely N-dealkylation sites (N-methyl/N-ethyl adjacent to an activating group) is 1. The number of hydrogen-bond donors (Lipinski definition) is 3. The number of ether oxygens (including phenoxy) is 1.